The average Bonchev–Trinajstić information content (AvgIpc) is 3.11. The van der Waals surface area contributed by atoms with Gasteiger partial charge in [-0.2, -0.15) is 0 Å². The molecule has 0 spiro atoms. The van der Waals surface area contributed by atoms with Gasteiger partial charge in [-0.3, -0.25) is 9.97 Å². The van der Waals surface area contributed by atoms with Crippen LogP contribution in [-0.2, 0) is 7.05 Å². The lowest BCUT2D eigenvalue weighted by Gasteiger charge is -2.28. The highest BCUT2D eigenvalue weighted by Gasteiger charge is 2.30. The maximum Gasteiger partial charge on any atom is 0.128 e. The number of hydrogen-bond acceptors (Lipinski definition) is 4. The zero-order valence-electron chi connectivity index (χ0n) is 18.5. The molecule has 0 unspecified atom stereocenters. The number of pyridine rings is 2. The molecule has 0 aliphatic carbocycles. The molecule has 5 rings (SSSR count). The first-order valence-corrected chi connectivity index (χ1v) is 10.8. The minimum Gasteiger partial charge on any atom is -0.494 e. The lowest BCUT2D eigenvalue weighted by atomic mass is 9.93. The van der Waals surface area contributed by atoms with Crippen molar-refractivity contribution in [3.05, 3.63) is 78.0 Å². The molecule has 5 nitrogen and oxygen atoms in total. The second-order valence-electron chi connectivity index (χ2n) is 8.09. The Morgan fingerprint density at radius 2 is 1.88 bits per heavy atom. The molecule has 0 radical (unpaired) electrons. The molecule has 32 heavy (non-hydrogen) atoms. The van der Waals surface area contributed by atoms with Gasteiger partial charge in [0.15, 0.2) is 0 Å². The molecule has 0 saturated carbocycles. The summed E-state index contributed by atoms with van der Waals surface area (Å²) in [7, 11) is 3.93. The maximum atomic E-state index is 15.5. The van der Waals surface area contributed by atoms with Crippen molar-refractivity contribution < 1.29 is 9.13 Å². The van der Waals surface area contributed by atoms with Crippen LogP contribution in [0.5, 0.6) is 5.75 Å². The van der Waals surface area contributed by atoms with Gasteiger partial charge in [0.05, 0.1) is 30.6 Å². The highest BCUT2D eigenvalue weighted by atomic mass is 19.1. The predicted molar refractivity (Wildman–Crippen MR) is 127 cm³/mol. The number of aryl methyl sites for hydroxylation is 1. The van der Waals surface area contributed by atoms with Gasteiger partial charge in [0, 0.05) is 48.6 Å². The van der Waals surface area contributed by atoms with E-state index in [1.165, 1.54) is 0 Å². The number of aromatic nitrogens is 3. The van der Waals surface area contributed by atoms with E-state index in [1.807, 2.05) is 67.7 Å². The number of anilines is 1. The largest absolute Gasteiger partial charge is 0.494 e. The summed E-state index contributed by atoms with van der Waals surface area (Å²) in [6, 6.07) is 13.6. The van der Waals surface area contributed by atoms with Gasteiger partial charge in [0.1, 0.15) is 17.4 Å². The molecule has 4 heterocycles. The van der Waals surface area contributed by atoms with E-state index < -0.39 is 0 Å². The van der Waals surface area contributed by atoms with Crippen molar-refractivity contribution in [3.63, 3.8) is 0 Å². The first-order valence-electron chi connectivity index (χ1n) is 10.8. The quantitative estimate of drug-likeness (QED) is 0.415. The third kappa shape index (κ3) is 3.32. The van der Waals surface area contributed by atoms with Gasteiger partial charge in [0.25, 0.3) is 0 Å². The van der Waals surface area contributed by atoms with E-state index in [0.717, 1.165) is 51.3 Å². The van der Waals surface area contributed by atoms with Crippen LogP contribution >= 0.6 is 0 Å². The summed E-state index contributed by atoms with van der Waals surface area (Å²) < 4.78 is 23.3. The van der Waals surface area contributed by atoms with Crippen LogP contribution in [0.3, 0.4) is 0 Å². The Morgan fingerprint density at radius 3 is 2.59 bits per heavy atom. The Labute approximate surface area is 186 Å². The molecule has 3 aromatic heterocycles. The summed E-state index contributed by atoms with van der Waals surface area (Å²) in [5.74, 6) is 1.63. The Kier molecular flexibility index (Phi) is 5.13. The molecule has 1 aromatic carbocycles. The summed E-state index contributed by atoms with van der Waals surface area (Å²) in [6.45, 7) is 2.96. The Morgan fingerprint density at radius 1 is 1.06 bits per heavy atom. The maximum absolute atomic E-state index is 15.5. The predicted octanol–water partition coefficient (Wildman–Crippen LogP) is 5.60. The van der Waals surface area contributed by atoms with Crippen LogP contribution < -0.4 is 9.64 Å². The van der Waals surface area contributed by atoms with Gasteiger partial charge in [-0.1, -0.05) is 19.1 Å². The number of nitrogens with zero attached hydrogens (tertiary/aromatic N) is 4. The zero-order valence-corrected chi connectivity index (χ0v) is 18.5. The van der Waals surface area contributed by atoms with E-state index in [2.05, 4.69) is 21.5 Å². The fourth-order valence-electron chi connectivity index (χ4n) is 4.42. The van der Waals surface area contributed by atoms with Crippen molar-refractivity contribution in [2.75, 3.05) is 25.1 Å². The second-order valence-corrected chi connectivity index (χ2v) is 8.09. The van der Waals surface area contributed by atoms with Crippen molar-refractivity contribution in [1.82, 2.24) is 14.5 Å². The van der Waals surface area contributed by atoms with Crippen molar-refractivity contribution in [2.45, 2.75) is 13.3 Å². The first kappa shape index (κ1) is 20.2. The van der Waals surface area contributed by atoms with E-state index in [9.17, 15) is 0 Å². The van der Waals surface area contributed by atoms with Gasteiger partial charge in [-0.15, -0.1) is 0 Å². The molecule has 1 aliphatic heterocycles. The minimum atomic E-state index is -0.144. The van der Waals surface area contributed by atoms with Gasteiger partial charge in [-0.05, 0) is 42.3 Å². The third-order valence-electron chi connectivity index (χ3n) is 5.89. The lowest BCUT2D eigenvalue weighted by Crippen LogP contribution is -2.26. The highest BCUT2D eigenvalue weighted by Crippen LogP contribution is 2.45. The number of rotatable bonds is 5. The first-order chi connectivity index (χ1) is 15.6. The topological polar surface area (TPSA) is 43.2 Å². The van der Waals surface area contributed by atoms with Crippen molar-refractivity contribution in [1.29, 1.82) is 0 Å². The van der Waals surface area contributed by atoms with Crippen LogP contribution in [0.4, 0.5) is 10.2 Å². The summed E-state index contributed by atoms with van der Waals surface area (Å²) in [6.07, 6.45) is 6.34. The average molecular weight is 429 g/mol. The van der Waals surface area contributed by atoms with Crippen LogP contribution in [0.2, 0.25) is 0 Å². The van der Waals surface area contributed by atoms with Gasteiger partial charge in [-0.25, -0.2) is 4.39 Å². The van der Waals surface area contributed by atoms with E-state index in [1.54, 1.807) is 12.4 Å². The molecule has 6 heteroatoms. The van der Waals surface area contributed by atoms with Crippen LogP contribution in [0, 0.1) is 0 Å². The molecular formula is C26H25FN4O. The third-order valence-corrected chi connectivity index (χ3v) is 5.89. The number of halogens is 1. The highest BCUT2D eigenvalue weighted by molar-refractivity contribution is 6.05. The Hall–Kier alpha value is -3.67. The monoisotopic (exact) mass is 428 g/mol. The van der Waals surface area contributed by atoms with E-state index >= 15 is 4.39 Å². The molecule has 0 saturated heterocycles. The summed E-state index contributed by atoms with van der Waals surface area (Å²) in [5, 5.41) is 0.972. The Balaban J connectivity index is 1.69. The van der Waals surface area contributed by atoms with Crippen LogP contribution in [-0.4, -0.2) is 34.7 Å². The number of hydrogen-bond donors (Lipinski definition) is 0. The molecule has 1 aliphatic rings. The second kappa shape index (κ2) is 8.11. The Bertz CT molecular complexity index is 1310. The molecule has 162 valence electrons. The molecule has 0 N–H and O–H groups in total. The lowest BCUT2D eigenvalue weighted by molar-refractivity contribution is 0.317. The number of benzene rings is 1. The number of fused-ring (bicyclic) bond motifs is 3. The van der Waals surface area contributed by atoms with Crippen molar-refractivity contribution in [2.24, 2.45) is 7.05 Å². The van der Waals surface area contributed by atoms with Crippen LogP contribution in [0.25, 0.3) is 27.7 Å². The summed E-state index contributed by atoms with van der Waals surface area (Å²) >= 11 is 0. The molecule has 0 atom stereocenters. The summed E-state index contributed by atoms with van der Waals surface area (Å²) in [4.78, 5) is 10.8. The van der Waals surface area contributed by atoms with Crippen molar-refractivity contribution >= 4 is 22.3 Å². The normalized spacial score (nSPS) is 13.6. The van der Waals surface area contributed by atoms with Gasteiger partial charge in [0.2, 0.25) is 0 Å². The van der Waals surface area contributed by atoms with Gasteiger partial charge >= 0.3 is 0 Å². The molecule has 0 amide bonds. The van der Waals surface area contributed by atoms with E-state index in [0.29, 0.717) is 12.2 Å². The fraction of sp³-hybridized carbons (Fsp3) is 0.231. The molecule has 4 aromatic rings. The van der Waals surface area contributed by atoms with Gasteiger partial charge < -0.3 is 14.2 Å². The van der Waals surface area contributed by atoms with Crippen molar-refractivity contribution in [3.8, 4) is 17.0 Å². The summed E-state index contributed by atoms with van der Waals surface area (Å²) in [5.41, 5.74) is 5.07. The number of likely N-dealkylation sites (N-methyl/N-ethyl adjacent to an activating group) is 1. The number of ether oxygens (including phenoxy) is 1. The van der Waals surface area contributed by atoms with E-state index in [-0.39, 0.29) is 12.4 Å². The standard InChI is InChI=1S/C26H25FN4O/c1-4-12-32-19-9-7-17(8-10-19)24-21(27)16-30(2)26-25(24)20-13-22(18-6-5-11-28-14-18)29-15-23(20)31(26)3/h5-11,13-15H,4,12,16H2,1-3H3. The van der Waals surface area contributed by atoms with Crippen LogP contribution in [0.15, 0.2) is 66.9 Å². The minimum absolute atomic E-state index is 0.144. The fourth-order valence-corrected chi connectivity index (χ4v) is 4.42. The van der Waals surface area contributed by atoms with Crippen LogP contribution in [0.1, 0.15) is 24.5 Å². The van der Waals surface area contributed by atoms with E-state index in [4.69, 9.17) is 4.74 Å². The molecule has 0 bridgehead atoms. The smallest absolute Gasteiger partial charge is 0.128 e. The zero-order chi connectivity index (χ0) is 22.2. The molecular weight excluding hydrogens is 403 g/mol. The molecule has 0 fully saturated rings. The SMILES string of the molecule is CCCOc1ccc(C2=C(F)CN(C)c3c2c2cc(-c4cccnc4)ncc2n3C)cc1.